The Labute approximate surface area is 172 Å². The Morgan fingerprint density at radius 2 is 1.90 bits per heavy atom. The molecule has 1 amide bonds. The summed E-state index contributed by atoms with van der Waals surface area (Å²) in [6, 6.07) is 12.0. The number of carbonyl (C=O) groups is 1. The predicted octanol–water partition coefficient (Wildman–Crippen LogP) is 4.17. The molecule has 0 aliphatic heterocycles. The van der Waals surface area contributed by atoms with Crippen molar-refractivity contribution in [3.8, 4) is 11.3 Å². The smallest absolute Gasteiger partial charge is 0.252 e. The Hall–Kier alpha value is -3.13. The van der Waals surface area contributed by atoms with Gasteiger partial charge >= 0.3 is 0 Å². The van der Waals surface area contributed by atoms with Gasteiger partial charge in [0.15, 0.2) is 11.0 Å². The average molecular weight is 407 g/mol. The first-order chi connectivity index (χ1) is 13.9. The third kappa shape index (κ3) is 4.02. The molecule has 3 aromatic heterocycles. The van der Waals surface area contributed by atoms with Gasteiger partial charge in [0.05, 0.1) is 12.1 Å². The van der Waals surface area contributed by atoms with Crippen LogP contribution in [0.5, 0.6) is 0 Å². The summed E-state index contributed by atoms with van der Waals surface area (Å²) in [4.78, 5) is 27.2. The van der Waals surface area contributed by atoms with Crippen LogP contribution < -0.4 is 5.32 Å². The third-order valence-electron chi connectivity index (χ3n) is 4.45. The maximum absolute atomic E-state index is 12.6. The second-order valence-corrected chi connectivity index (χ2v) is 8.29. The molecule has 0 unspecified atom stereocenters. The Morgan fingerprint density at radius 3 is 2.62 bits per heavy atom. The van der Waals surface area contributed by atoms with Crippen LogP contribution in [0.1, 0.15) is 41.9 Å². The molecule has 0 atom stereocenters. The molecular formula is C21H22N6OS. The standard InChI is InChI=1S/C21H22N6OS/c1-12(2)19-18(15-8-6-5-7-9-15)25-21(29-19)24-17(28)11-16-23-20-22-13(3)10-14(4)27(20)26-16/h5-10,12H,11H2,1-4H3,(H,24,25,28). The van der Waals surface area contributed by atoms with Gasteiger partial charge in [0.1, 0.15) is 0 Å². The minimum Gasteiger partial charge on any atom is -0.302 e. The zero-order valence-electron chi connectivity index (χ0n) is 16.8. The number of carbonyl (C=O) groups excluding carboxylic acids is 1. The van der Waals surface area contributed by atoms with E-state index in [4.69, 9.17) is 0 Å². The van der Waals surface area contributed by atoms with Gasteiger partial charge in [-0.15, -0.1) is 16.4 Å². The Bertz CT molecular complexity index is 1180. The van der Waals surface area contributed by atoms with Crippen molar-refractivity contribution in [2.24, 2.45) is 0 Å². The van der Waals surface area contributed by atoms with E-state index in [1.807, 2.05) is 50.2 Å². The lowest BCUT2D eigenvalue weighted by Gasteiger charge is -2.04. The second-order valence-electron chi connectivity index (χ2n) is 7.26. The topological polar surface area (TPSA) is 85.1 Å². The molecule has 0 bridgehead atoms. The highest BCUT2D eigenvalue weighted by atomic mass is 32.1. The number of rotatable bonds is 5. The molecule has 0 fully saturated rings. The van der Waals surface area contributed by atoms with Crippen molar-refractivity contribution >= 4 is 28.2 Å². The molecule has 0 spiro atoms. The normalized spacial score (nSPS) is 11.3. The van der Waals surface area contributed by atoms with Crippen molar-refractivity contribution in [3.63, 3.8) is 0 Å². The molecule has 0 saturated carbocycles. The number of hydrogen-bond donors (Lipinski definition) is 1. The molecule has 3 heterocycles. The molecule has 1 aromatic carbocycles. The molecule has 0 aliphatic rings. The number of anilines is 1. The third-order valence-corrected chi connectivity index (χ3v) is 5.72. The van der Waals surface area contributed by atoms with Crippen LogP contribution in [0, 0.1) is 13.8 Å². The minimum atomic E-state index is -0.195. The number of amides is 1. The zero-order valence-corrected chi connectivity index (χ0v) is 17.6. The lowest BCUT2D eigenvalue weighted by molar-refractivity contribution is -0.115. The van der Waals surface area contributed by atoms with Gasteiger partial charge in [-0.3, -0.25) is 4.79 Å². The minimum absolute atomic E-state index is 0.0686. The van der Waals surface area contributed by atoms with Crippen LogP contribution in [-0.4, -0.2) is 30.5 Å². The number of benzene rings is 1. The van der Waals surface area contributed by atoms with Crippen LogP contribution >= 0.6 is 11.3 Å². The molecule has 7 nitrogen and oxygen atoms in total. The zero-order chi connectivity index (χ0) is 20.5. The van der Waals surface area contributed by atoms with Crippen molar-refractivity contribution in [2.45, 2.75) is 40.0 Å². The van der Waals surface area contributed by atoms with Gasteiger partial charge in [0, 0.05) is 21.8 Å². The van der Waals surface area contributed by atoms with Crippen LogP contribution in [0.25, 0.3) is 17.0 Å². The summed E-state index contributed by atoms with van der Waals surface area (Å²) < 4.78 is 1.66. The Kier molecular flexibility index (Phi) is 5.10. The van der Waals surface area contributed by atoms with E-state index in [0.29, 0.717) is 22.7 Å². The van der Waals surface area contributed by atoms with E-state index >= 15 is 0 Å². The fraction of sp³-hybridized carbons (Fsp3) is 0.286. The number of thiazole rings is 1. The van der Waals surface area contributed by atoms with E-state index in [9.17, 15) is 4.79 Å². The van der Waals surface area contributed by atoms with Crippen LogP contribution in [0.4, 0.5) is 5.13 Å². The highest BCUT2D eigenvalue weighted by molar-refractivity contribution is 7.16. The molecule has 148 valence electrons. The van der Waals surface area contributed by atoms with Crippen LogP contribution in [0.15, 0.2) is 36.4 Å². The van der Waals surface area contributed by atoms with Crippen molar-refractivity contribution in [3.05, 3.63) is 58.5 Å². The second kappa shape index (κ2) is 7.71. The van der Waals surface area contributed by atoms with E-state index in [-0.39, 0.29) is 12.3 Å². The fourth-order valence-electron chi connectivity index (χ4n) is 3.17. The summed E-state index contributed by atoms with van der Waals surface area (Å²) in [5.41, 5.74) is 3.77. The van der Waals surface area contributed by atoms with Crippen LogP contribution in [0.2, 0.25) is 0 Å². The van der Waals surface area contributed by atoms with Crippen molar-refractivity contribution in [1.82, 2.24) is 24.6 Å². The van der Waals surface area contributed by atoms with Crippen molar-refractivity contribution in [2.75, 3.05) is 5.32 Å². The highest BCUT2D eigenvalue weighted by Gasteiger charge is 2.18. The average Bonchev–Trinajstić information content (AvgIpc) is 3.26. The molecule has 4 rings (SSSR count). The van der Waals surface area contributed by atoms with Gasteiger partial charge in [0.25, 0.3) is 5.78 Å². The first-order valence-electron chi connectivity index (χ1n) is 9.46. The maximum Gasteiger partial charge on any atom is 0.252 e. The first kappa shape index (κ1) is 19.2. The summed E-state index contributed by atoms with van der Waals surface area (Å²) in [5, 5.41) is 7.89. The molecule has 0 aliphatic carbocycles. The first-order valence-corrected chi connectivity index (χ1v) is 10.3. The summed E-state index contributed by atoms with van der Waals surface area (Å²) in [6.45, 7) is 8.11. The molecule has 0 saturated heterocycles. The van der Waals surface area contributed by atoms with Gasteiger partial charge in [0.2, 0.25) is 5.91 Å². The maximum atomic E-state index is 12.6. The number of nitrogens with one attached hydrogen (secondary N) is 1. The molecule has 29 heavy (non-hydrogen) atoms. The van der Waals surface area contributed by atoms with Crippen molar-refractivity contribution < 1.29 is 4.79 Å². The summed E-state index contributed by atoms with van der Waals surface area (Å²) in [6.07, 6.45) is 0.0686. The van der Waals surface area contributed by atoms with Gasteiger partial charge in [-0.25, -0.2) is 14.5 Å². The highest BCUT2D eigenvalue weighted by Crippen LogP contribution is 2.36. The Morgan fingerprint density at radius 1 is 1.14 bits per heavy atom. The number of hydrogen-bond acceptors (Lipinski definition) is 6. The monoisotopic (exact) mass is 406 g/mol. The van der Waals surface area contributed by atoms with E-state index in [1.165, 1.54) is 11.3 Å². The van der Waals surface area contributed by atoms with E-state index in [2.05, 4.69) is 39.2 Å². The molecule has 0 radical (unpaired) electrons. The number of nitrogens with zero attached hydrogens (tertiary/aromatic N) is 5. The lowest BCUT2D eigenvalue weighted by atomic mass is 10.1. The van der Waals surface area contributed by atoms with Crippen LogP contribution in [0.3, 0.4) is 0 Å². The van der Waals surface area contributed by atoms with Crippen molar-refractivity contribution in [1.29, 1.82) is 0 Å². The molecule has 1 N–H and O–H groups in total. The largest absolute Gasteiger partial charge is 0.302 e. The van der Waals surface area contributed by atoms with Gasteiger partial charge in [-0.05, 0) is 25.8 Å². The molecule has 4 aromatic rings. The van der Waals surface area contributed by atoms with Gasteiger partial charge in [-0.1, -0.05) is 44.2 Å². The van der Waals surface area contributed by atoms with Gasteiger partial charge in [-0.2, -0.15) is 4.98 Å². The number of aryl methyl sites for hydroxylation is 2. The quantitative estimate of drug-likeness (QED) is 0.538. The van der Waals surface area contributed by atoms with E-state index in [1.54, 1.807) is 4.52 Å². The predicted molar refractivity (Wildman–Crippen MR) is 114 cm³/mol. The summed E-state index contributed by atoms with van der Waals surface area (Å²) in [5.74, 6) is 1.06. The molecule has 8 heteroatoms. The van der Waals surface area contributed by atoms with E-state index < -0.39 is 0 Å². The summed E-state index contributed by atoms with van der Waals surface area (Å²) in [7, 11) is 0. The SMILES string of the molecule is Cc1cc(C)n2nc(CC(=O)Nc3nc(-c4ccccc4)c(C(C)C)s3)nc2n1. The number of aromatic nitrogens is 5. The molecular weight excluding hydrogens is 384 g/mol. The lowest BCUT2D eigenvalue weighted by Crippen LogP contribution is -2.15. The number of fused-ring (bicyclic) bond motifs is 1. The fourth-order valence-corrected chi connectivity index (χ4v) is 4.18. The van der Waals surface area contributed by atoms with Gasteiger partial charge < -0.3 is 5.32 Å². The summed E-state index contributed by atoms with van der Waals surface area (Å²) >= 11 is 1.51. The Balaban J connectivity index is 1.55. The van der Waals surface area contributed by atoms with Crippen LogP contribution in [-0.2, 0) is 11.2 Å². The van der Waals surface area contributed by atoms with E-state index in [0.717, 1.165) is 27.5 Å².